The van der Waals surface area contributed by atoms with Crippen molar-refractivity contribution in [1.29, 1.82) is 0 Å². The number of nitrogens with one attached hydrogen (secondary N) is 1. The minimum absolute atomic E-state index is 0.156. The van der Waals surface area contributed by atoms with E-state index in [4.69, 9.17) is 0 Å². The summed E-state index contributed by atoms with van der Waals surface area (Å²) in [6.07, 6.45) is 6.20. The first kappa shape index (κ1) is 19.5. The molecule has 1 aliphatic heterocycles. The summed E-state index contributed by atoms with van der Waals surface area (Å²) >= 11 is 0. The summed E-state index contributed by atoms with van der Waals surface area (Å²) in [6.45, 7) is 6.58. The Morgan fingerprint density at radius 1 is 1.26 bits per heavy atom. The molecule has 1 aliphatic rings. The molecule has 0 aliphatic carbocycles. The summed E-state index contributed by atoms with van der Waals surface area (Å²) in [4.78, 5) is 27.4. The molecule has 7 heteroatoms. The van der Waals surface area contributed by atoms with Gasteiger partial charge in [0, 0.05) is 20.6 Å². The van der Waals surface area contributed by atoms with Crippen LogP contribution in [0.15, 0.2) is 0 Å². The van der Waals surface area contributed by atoms with Crippen molar-refractivity contribution in [3.8, 4) is 0 Å². The molecule has 1 rings (SSSR count). The van der Waals surface area contributed by atoms with Gasteiger partial charge in [-0.2, -0.15) is 5.06 Å². The Kier molecular flexibility index (Phi) is 7.12. The highest BCUT2D eigenvalue weighted by molar-refractivity contribution is 5.80. The molecule has 1 fully saturated rings. The van der Waals surface area contributed by atoms with Crippen LogP contribution in [0.2, 0.25) is 0 Å². The number of carbonyl (C=O) groups is 2. The first-order chi connectivity index (χ1) is 10.8. The van der Waals surface area contributed by atoms with Gasteiger partial charge in [0.1, 0.15) is 0 Å². The van der Waals surface area contributed by atoms with Gasteiger partial charge in [-0.15, -0.1) is 0 Å². The maximum absolute atomic E-state index is 12.5. The van der Waals surface area contributed by atoms with E-state index in [1.165, 1.54) is 37.6 Å². The third kappa shape index (κ3) is 4.28. The monoisotopic (exact) mass is 328 g/mol. The van der Waals surface area contributed by atoms with Crippen molar-refractivity contribution >= 4 is 12.1 Å². The summed E-state index contributed by atoms with van der Waals surface area (Å²) in [6, 6.07) is -0.777. The van der Waals surface area contributed by atoms with Gasteiger partial charge in [0.15, 0.2) is 6.17 Å². The van der Waals surface area contributed by atoms with Crippen LogP contribution in [0, 0.1) is 0 Å². The molecule has 0 aromatic rings. The molecular weight excluding hydrogens is 296 g/mol. The number of carbonyl (C=O) groups excluding carboxylic acids is 2. The Morgan fingerprint density at radius 2 is 1.83 bits per heavy atom. The predicted octanol–water partition coefficient (Wildman–Crippen LogP) is 2.85. The fraction of sp³-hybridized carbons (Fsp3) is 0.875. The molecule has 0 bridgehead atoms. The number of unbranched alkanes of at least 4 members (excludes halogenated alkanes) is 5. The largest absolute Gasteiger partial charge is 0.342 e. The van der Waals surface area contributed by atoms with Crippen molar-refractivity contribution in [3.63, 3.8) is 0 Å². The lowest BCUT2D eigenvalue weighted by Crippen LogP contribution is -2.58. The van der Waals surface area contributed by atoms with Crippen molar-refractivity contribution in [2.75, 3.05) is 20.6 Å². The normalized spacial score (nSPS) is 20.1. The number of hydroxylamine groups is 2. The quantitative estimate of drug-likeness (QED) is 0.409. The first-order valence-electron chi connectivity index (χ1n) is 8.53. The van der Waals surface area contributed by atoms with E-state index in [9.17, 15) is 14.8 Å². The maximum Gasteiger partial charge on any atom is 0.342 e. The topological polar surface area (TPSA) is 76.1 Å². The molecule has 0 aromatic heterocycles. The summed E-state index contributed by atoms with van der Waals surface area (Å²) in [7, 11) is 3.06. The zero-order valence-electron chi connectivity index (χ0n) is 15.1. The van der Waals surface area contributed by atoms with Gasteiger partial charge >= 0.3 is 12.1 Å². The fourth-order valence-corrected chi connectivity index (χ4v) is 3.28. The molecule has 0 radical (unpaired) electrons. The summed E-state index contributed by atoms with van der Waals surface area (Å²) in [5.74, 6) is 0. The van der Waals surface area contributed by atoms with Crippen LogP contribution in [0.5, 0.6) is 0 Å². The van der Waals surface area contributed by atoms with Gasteiger partial charge in [0.05, 0.1) is 5.54 Å². The minimum Gasteiger partial charge on any atom is -0.339 e. The highest BCUT2D eigenvalue weighted by Gasteiger charge is 2.53. The molecule has 1 heterocycles. The molecule has 23 heavy (non-hydrogen) atoms. The van der Waals surface area contributed by atoms with Crippen LogP contribution in [0.25, 0.3) is 0 Å². The number of urea groups is 2. The summed E-state index contributed by atoms with van der Waals surface area (Å²) in [5.41, 5.74) is -0.656. The van der Waals surface area contributed by atoms with Crippen molar-refractivity contribution < 1.29 is 14.8 Å². The molecule has 0 unspecified atom stereocenters. The molecule has 4 amide bonds. The first-order valence-corrected chi connectivity index (χ1v) is 8.53. The molecule has 1 atom stereocenters. The molecule has 0 saturated carbocycles. The van der Waals surface area contributed by atoms with E-state index in [1.807, 2.05) is 13.8 Å². The van der Waals surface area contributed by atoms with Gasteiger partial charge in [0.2, 0.25) is 0 Å². The number of hydrogen-bond acceptors (Lipinski definition) is 3. The van der Waals surface area contributed by atoms with Crippen molar-refractivity contribution in [2.45, 2.75) is 71.0 Å². The lowest BCUT2D eigenvalue weighted by Gasteiger charge is -2.37. The second-order valence-corrected chi connectivity index (χ2v) is 6.74. The molecule has 134 valence electrons. The van der Waals surface area contributed by atoms with E-state index in [-0.39, 0.29) is 6.03 Å². The maximum atomic E-state index is 12.5. The highest BCUT2D eigenvalue weighted by atomic mass is 16.5. The molecule has 0 aromatic carbocycles. The molecular formula is C16H32N4O3. The SMILES string of the molecule is CCCCCCCCN1C(=O)N(C)[C@H](N(O)C(=O)NC)C1(C)C. The Labute approximate surface area is 139 Å². The Bertz CT molecular complexity index is 414. The molecule has 7 nitrogen and oxygen atoms in total. The molecule has 1 saturated heterocycles. The standard InChI is InChI=1S/C16H32N4O3/c1-6-7-8-9-10-11-12-19-15(22)18(5)13(16(19,2)3)20(23)14(21)17-4/h13,23H,6-12H2,1-5H3,(H,17,21)/t13-/m1/s1. The van der Waals surface area contributed by atoms with Crippen LogP contribution in [-0.2, 0) is 0 Å². The second-order valence-electron chi connectivity index (χ2n) is 6.74. The zero-order valence-corrected chi connectivity index (χ0v) is 15.1. The molecule has 0 spiro atoms. The van der Waals surface area contributed by atoms with E-state index in [2.05, 4.69) is 12.2 Å². The average molecular weight is 328 g/mol. The van der Waals surface area contributed by atoms with Gasteiger partial charge in [-0.25, -0.2) is 9.59 Å². The van der Waals surface area contributed by atoms with Crippen LogP contribution >= 0.6 is 0 Å². The third-order valence-corrected chi connectivity index (χ3v) is 4.62. The van der Waals surface area contributed by atoms with E-state index in [0.717, 1.165) is 12.8 Å². The summed E-state index contributed by atoms with van der Waals surface area (Å²) in [5, 5.41) is 13.1. The van der Waals surface area contributed by atoms with E-state index >= 15 is 0 Å². The van der Waals surface area contributed by atoms with Crippen LogP contribution in [-0.4, -0.2) is 64.5 Å². The lowest BCUT2D eigenvalue weighted by molar-refractivity contribution is -0.129. The van der Waals surface area contributed by atoms with Crippen LogP contribution in [0.3, 0.4) is 0 Å². The number of rotatable bonds is 8. The van der Waals surface area contributed by atoms with E-state index < -0.39 is 17.7 Å². The van der Waals surface area contributed by atoms with Crippen molar-refractivity contribution in [1.82, 2.24) is 20.2 Å². The average Bonchev–Trinajstić information content (AvgIpc) is 2.68. The predicted molar refractivity (Wildman–Crippen MR) is 89.2 cm³/mol. The Morgan fingerprint density at radius 3 is 2.39 bits per heavy atom. The van der Waals surface area contributed by atoms with Crippen molar-refractivity contribution in [3.05, 3.63) is 0 Å². The van der Waals surface area contributed by atoms with Gasteiger partial charge in [-0.05, 0) is 20.3 Å². The lowest BCUT2D eigenvalue weighted by atomic mass is 9.99. The van der Waals surface area contributed by atoms with Gasteiger partial charge < -0.3 is 15.1 Å². The van der Waals surface area contributed by atoms with Gasteiger partial charge in [0.25, 0.3) is 0 Å². The minimum atomic E-state index is -0.713. The molecule has 2 N–H and O–H groups in total. The Balaban J connectivity index is 2.67. The number of hydrogen-bond donors (Lipinski definition) is 2. The van der Waals surface area contributed by atoms with Gasteiger partial charge in [-0.3, -0.25) is 5.21 Å². The van der Waals surface area contributed by atoms with Crippen LogP contribution in [0.1, 0.15) is 59.3 Å². The smallest absolute Gasteiger partial charge is 0.339 e. The number of likely N-dealkylation sites (N-methyl/N-ethyl adjacent to an activating group) is 1. The fourth-order valence-electron chi connectivity index (χ4n) is 3.28. The van der Waals surface area contributed by atoms with E-state index in [1.54, 1.807) is 11.9 Å². The van der Waals surface area contributed by atoms with Crippen LogP contribution < -0.4 is 5.32 Å². The highest BCUT2D eigenvalue weighted by Crippen LogP contribution is 2.33. The number of amides is 4. The van der Waals surface area contributed by atoms with E-state index in [0.29, 0.717) is 11.6 Å². The van der Waals surface area contributed by atoms with Crippen LogP contribution in [0.4, 0.5) is 9.59 Å². The number of nitrogens with zero attached hydrogens (tertiary/aromatic N) is 3. The Hall–Kier alpha value is -1.50. The van der Waals surface area contributed by atoms with Gasteiger partial charge in [-0.1, -0.05) is 39.0 Å². The second kappa shape index (κ2) is 8.38. The summed E-state index contributed by atoms with van der Waals surface area (Å²) < 4.78 is 0. The third-order valence-electron chi connectivity index (χ3n) is 4.62. The van der Waals surface area contributed by atoms with Crippen molar-refractivity contribution in [2.24, 2.45) is 0 Å². The zero-order chi connectivity index (χ0) is 17.6.